The molecule has 1 heterocycles. The lowest BCUT2D eigenvalue weighted by atomic mass is 10.0. The molecule has 2 aromatic rings. The monoisotopic (exact) mass is 325 g/mol. The van der Waals surface area contributed by atoms with Crippen LogP contribution in [0.5, 0.6) is 0 Å². The van der Waals surface area contributed by atoms with Crippen LogP contribution in [0.4, 0.5) is 19.0 Å². The average Bonchev–Trinajstić information content (AvgIpc) is 2.68. The number of amides is 1. The summed E-state index contributed by atoms with van der Waals surface area (Å²) >= 11 is 0. The van der Waals surface area contributed by atoms with Crippen molar-refractivity contribution in [1.82, 2.24) is 9.78 Å². The van der Waals surface area contributed by atoms with Crippen LogP contribution in [0, 0.1) is 20.8 Å². The van der Waals surface area contributed by atoms with Crippen molar-refractivity contribution in [3.05, 3.63) is 46.1 Å². The maximum absolute atomic E-state index is 13.1. The molecule has 0 unspecified atom stereocenters. The van der Waals surface area contributed by atoms with E-state index in [1.807, 2.05) is 26.0 Å². The van der Waals surface area contributed by atoms with Crippen molar-refractivity contribution < 1.29 is 18.0 Å². The second kappa shape index (κ2) is 6.06. The fourth-order valence-electron chi connectivity index (χ4n) is 2.42. The molecular formula is C16H18F3N3O. The summed E-state index contributed by atoms with van der Waals surface area (Å²) in [6, 6.07) is 5.53. The van der Waals surface area contributed by atoms with Gasteiger partial charge in [-0.1, -0.05) is 18.2 Å². The molecule has 0 saturated carbocycles. The standard InChI is InChI=1S/C16H18F3N3O/c1-9-5-6-12(7-10(9)2)8-13(23)20-15-14(16(17,18)19)11(3)21-22(15)4/h5-7H,8H2,1-4H3,(H,20,23). The average molecular weight is 325 g/mol. The third-order valence-electron chi connectivity index (χ3n) is 3.70. The normalized spacial score (nSPS) is 11.6. The van der Waals surface area contributed by atoms with Crippen LogP contribution in [0.15, 0.2) is 18.2 Å². The number of hydrogen-bond donors (Lipinski definition) is 1. The highest BCUT2D eigenvalue weighted by atomic mass is 19.4. The largest absolute Gasteiger partial charge is 0.421 e. The van der Waals surface area contributed by atoms with Crippen LogP contribution in [-0.2, 0) is 24.4 Å². The zero-order chi connectivity index (χ0) is 17.4. The molecule has 0 saturated heterocycles. The zero-order valence-corrected chi connectivity index (χ0v) is 13.4. The Morgan fingerprint density at radius 2 is 1.87 bits per heavy atom. The van der Waals surface area contributed by atoms with Crippen LogP contribution in [0.3, 0.4) is 0 Å². The van der Waals surface area contributed by atoms with Crippen LogP contribution in [0.2, 0.25) is 0 Å². The van der Waals surface area contributed by atoms with Crippen molar-refractivity contribution >= 4 is 11.7 Å². The maximum atomic E-state index is 13.1. The van der Waals surface area contributed by atoms with Crippen molar-refractivity contribution in [1.29, 1.82) is 0 Å². The number of carbonyl (C=O) groups is 1. The first kappa shape index (κ1) is 17.1. The first-order valence-corrected chi connectivity index (χ1v) is 7.06. The van der Waals surface area contributed by atoms with Gasteiger partial charge >= 0.3 is 6.18 Å². The molecule has 4 nitrogen and oxygen atoms in total. The third-order valence-corrected chi connectivity index (χ3v) is 3.70. The lowest BCUT2D eigenvalue weighted by Gasteiger charge is -2.11. The van der Waals surface area contributed by atoms with E-state index in [9.17, 15) is 18.0 Å². The predicted molar refractivity (Wildman–Crippen MR) is 81.2 cm³/mol. The number of aryl methyl sites for hydroxylation is 4. The summed E-state index contributed by atoms with van der Waals surface area (Å²) in [6.45, 7) is 5.14. The molecule has 124 valence electrons. The molecule has 0 spiro atoms. The molecule has 0 fully saturated rings. The number of hydrogen-bond acceptors (Lipinski definition) is 2. The van der Waals surface area contributed by atoms with Crippen molar-refractivity contribution in [3.63, 3.8) is 0 Å². The molecular weight excluding hydrogens is 307 g/mol. The van der Waals surface area contributed by atoms with Gasteiger partial charge in [-0.05, 0) is 37.5 Å². The number of nitrogens with zero attached hydrogens (tertiary/aromatic N) is 2. The molecule has 1 aromatic carbocycles. The van der Waals surface area contributed by atoms with E-state index in [2.05, 4.69) is 10.4 Å². The van der Waals surface area contributed by atoms with Crippen molar-refractivity contribution in [2.45, 2.75) is 33.4 Å². The molecule has 1 N–H and O–H groups in total. The minimum Gasteiger partial charge on any atom is -0.310 e. The van der Waals surface area contributed by atoms with E-state index in [0.29, 0.717) is 0 Å². The number of carbonyl (C=O) groups excluding carboxylic acids is 1. The number of nitrogens with one attached hydrogen (secondary N) is 1. The zero-order valence-electron chi connectivity index (χ0n) is 13.4. The van der Waals surface area contributed by atoms with Crippen LogP contribution < -0.4 is 5.32 Å². The number of anilines is 1. The lowest BCUT2D eigenvalue weighted by molar-refractivity contribution is -0.137. The molecule has 2 rings (SSSR count). The smallest absolute Gasteiger partial charge is 0.310 e. The van der Waals surface area contributed by atoms with Crippen LogP contribution in [0.25, 0.3) is 0 Å². The fourth-order valence-corrected chi connectivity index (χ4v) is 2.42. The fraction of sp³-hybridized carbons (Fsp3) is 0.375. The Morgan fingerprint density at radius 1 is 1.22 bits per heavy atom. The molecule has 0 atom stereocenters. The summed E-state index contributed by atoms with van der Waals surface area (Å²) in [5.74, 6) is -0.842. The number of rotatable bonds is 3. The number of alkyl halides is 3. The van der Waals surface area contributed by atoms with E-state index < -0.39 is 17.6 Å². The first-order chi connectivity index (χ1) is 10.6. The summed E-state index contributed by atoms with van der Waals surface area (Å²) in [4.78, 5) is 12.1. The van der Waals surface area contributed by atoms with E-state index >= 15 is 0 Å². The van der Waals surface area contributed by atoms with E-state index in [0.717, 1.165) is 21.4 Å². The second-order valence-corrected chi connectivity index (χ2v) is 5.57. The summed E-state index contributed by atoms with van der Waals surface area (Å²) in [6.07, 6.45) is -4.57. The van der Waals surface area contributed by atoms with Gasteiger partial charge in [0.25, 0.3) is 0 Å². The van der Waals surface area contributed by atoms with Crippen molar-refractivity contribution in [2.75, 3.05) is 5.32 Å². The van der Waals surface area contributed by atoms with Gasteiger partial charge in [-0.15, -0.1) is 0 Å². The maximum Gasteiger partial charge on any atom is 0.421 e. The lowest BCUT2D eigenvalue weighted by Crippen LogP contribution is -2.20. The predicted octanol–water partition coefficient (Wildman–Crippen LogP) is 3.55. The van der Waals surface area contributed by atoms with Gasteiger partial charge in [0.1, 0.15) is 11.4 Å². The Morgan fingerprint density at radius 3 is 2.43 bits per heavy atom. The van der Waals surface area contributed by atoms with E-state index in [4.69, 9.17) is 0 Å². The summed E-state index contributed by atoms with van der Waals surface area (Å²) in [5, 5.41) is 6.08. The van der Waals surface area contributed by atoms with Crippen molar-refractivity contribution in [3.8, 4) is 0 Å². The number of aromatic nitrogens is 2. The Hall–Kier alpha value is -2.31. The SMILES string of the molecule is Cc1ccc(CC(=O)Nc2c(C(F)(F)F)c(C)nn2C)cc1C. The minimum atomic E-state index is -4.57. The molecule has 0 aliphatic carbocycles. The topological polar surface area (TPSA) is 46.9 Å². The summed E-state index contributed by atoms with van der Waals surface area (Å²) < 4.78 is 40.3. The minimum absolute atomic E-state index is 0.00262. The number of benzene rings is 1. The molecule has 0 aliphatic rings. The van der Waals surface area contributed by atoms with Crippen LogP contribution >= 0.6 is 0 Å². The van der Waals surface area contributed by atoms with Gasteiger partial charge in [0.2, 0.25) is 5.91 Å². The molecule has 0 radical (unpaired) electrons. The van der Waals surface area contributed by atoms with Gasteiger partial charge in [0, 0.05) is 7.05 Å². The Balaban J connectivity index is 2.22. The molecule has 0 bridgehead atoms. The first-order valence-electron chi connectivity index (χ1n) is 7.06. The highest BCUT2D eigenvalue weighted by Gasteiger charge is 2.39. The van der Waals surface area contributed by atoms with Crippen molar-refractivity contribution in [2.24, 2.45) is 7.05 Å². The molecule has 23 heavy (non-hydrogen) atoms. The van der Waals surface area contributed by atoms with Gasteiger partial charge < -0.3 is 5.32 Å². The third kappa shape index (κ3) is 3.72. The highest BCUT2D eigenvalue weighted by Crippen LogP contribution is 2.36. The van der Waals surface area contributed by atoms with Gasteiger partial charge in [0.05, 0.1) is 12.1 Å². The van der Waals surface area contributed by atoms with E-state index in [1.165, 1.54) is 14.0 Å². The summed E-state index contributed by atoms with van der Waals surface area (Å²) in [7, 11) is 1.37. The molecule has 1 aromatic heterocycles. The van der Waals surface area contributed by atoms with Crippen LogP contribution in [-0.4, -0.2) is 15.7 Å². The van der Waals surface area contributed by atoms with Gasteiger partial charge in [-0.2, -0.15) is 18.3 Å². The summed E-state index contributed by atoms with van der Waals surface area (Å²) in [5.41, 5.74) is 1.80. The van der Waals surface area contributed by atoms with Gasteiger partial charge in [0.15, 0.2) is 0 Å². The Labute approximate surface area is 132 Å². The van der Waals surface area contributed by atoms with Gasteiger partial charge in [-0.3, -0.25) is 9.48 Å². The van der Waals surface area contributed by atoms with E-state index in [1.54, 1.807) is 6.07 Å². The highest BCUT2D eigenvalue weighted by molar-refractivity contribution is 5.92. The van der Waals surface area contributed by atoms with Crippen LogP contribution in [0.1, 0.15) is 27.9 Å². The molecule has 0 aliphatic heterocycles. The molecule has 1 amide bonds. The second-order valence-electron chi connectivity index (χ2n) is 5.57. The Bertz CT molecular complexity index is 748. The quantitative estimate of drug-likeness (QED) is 0.938. The van der Waals surface area contributed by atoms with Gasteiger partial charge in [-0.25, -0.2) is 0 Å². The molecule has 7 heteroatoms. The number of halogens is 3. The van der Waals surface area contributed by atoms with E-state index in [-0.39, 0.29) is 17.9 Å². The Kier molecular flexibility index (Phi) is 4.49.